The molecular formula is C12H12N2O3. The van der Waals surface area contributed by atoms with Crippen molar-refractivity contribution in [1.29, 1.82) is 0 Å². The van der Waals surface area contributed by atoms with Crippen molar-refractivity contribution >= 4 is 11.9 Å². The van der Waals surface area contributed by atoms with E-state index in [0.717, 1.165) is 0 Å². The molecule has 0 bridgehead atoms. The second kappa shape index (κ2) is 6.28. The van der Waals surface area contributed by atoms with Crippen molar-refractivity contribution in [2.45, 2.75) is 13.3 Å². The van der Waals surface area contributed by atoms with Crippen molar-refractivity contribution < 1.29 is 14.7 Å². The number of nitrogens with one attached hydrogen (secondary N) is 1. The Kier molecular flexibility index (Phi) is 4.70. The van der Waals surface area contributed by atoms with E-state index in [1.807, 2.05) is 0 Å². The number of carbonyl (C=O) groups is 2. The molecule has 0 saturated carbocycles. The lowest BCUT2D eigenvalue weighted by Crippen LogP contribution is -2.20. The number of carboxylic acid groups (broad SMARTS) is 1. The lowest BCUT2D eigenvalue weighted by Gasteiger charge is -1.95. The van der Waals surface area contributed by atoms with Gasteiger partial charge in [0.25, 0.3) is 0 Å². The highest BCUT2D eigenvalue weighted by Crippen LogP contribution is 1.98. The summed E-state index contributed by atoms with van der Waals surface area (Å²) in [5, 5.41) is 11.3. The van der Waals surface area contributed by atoms with Crippen LogP contribution in [0.15, 0.2) is 18.3 Å². The van der Waals surface area contributed by atoms with Gasteiger partial charge in [-0.1, -0.05) is 5.92 Å². The molecule has 0 saturated heterocycles. The van der Waals surface area contributed by atoms with E-state index in [4.69, 9.17) is 5.11 Å². The van der Waals surface area contributed by atoms with E-state index in [1.165, 1.54) is 19.2 Å². The SMILES string of the molecule is CC(=O)NCCC#Cc1ccc(C(=O)O)cn1. The first-order chi connectivity index (χ1) is 8.09. The van der Waals surface area contributed by atoms with Gasteiger partial charge in [-0.3, -0.25) is 4.79 Å². The van der Waals surface area contributed by atoms with Crippen LogP contribution in [0.3, 0.4) is 0 Å². The monoisotopic (exact) mass is 232 g/mol. The van der Waals surface area contributed by atoms with Gasteiger partial charge >= 0.3 is 5.97 Å². The summed E-state index contributed by atoms with van der Waals surface area (Å²) in [6.07, 6.45) is 1.79. The van der Waals surface area contributed by atoms with Gasteiger partial charge in [0.05, 0.1) is 5.56 Å². The molecule has 5 nitrogen and oxygen atoms in total. The number of rotatable bonds is 3. The van der Waals surface area contributed by atoms with Gasteiger partial charge in [0.15, 0.2) is 0 Å². The Bertz CT molecular complexity index is 469. The largest absolute Gasteiger partial charge is 0.478 e. The Labute approximate surface area is 98.9 Å². The molecule has 0 spiro atoms. The molecule has 1 heterocycles. The van der Waals surface area contributed by atoms with Crippen LogP contribution < -0.4 is 5.32 Å². The first-order valence-corrected chi connectivity index (χ1v) is 5.02. The average Bonchev–Trinajstić information content (AvgIpc) is 2.29. The fourth-order valence-corrected chi connectivity index (χ4v) is 1.05. The van der Waals surface area contributed by atoms with Crippen LogP contribution in [-0.4, -0.2) is 28.5 Å². The highest BCUT2D eigenvalue weighted by Gasteiger charge is 2.00. The molecule has 5 heteroatoms. The highest BCUT2D eigenvalue weighted by atomic mass is 16.4. The van der Waals surface area contributed by atoms with Crippen molar-refractivity contribution in [3.8, 4) is 11.8 Å². The normalized spacial score (nSPS) is 9.00. The third kappa shape index (κ3) is 4.80. The molecule has 2 N–H and O–H groups in total. The van der Waals surface area contributed by atoms with Crippen LogP contribution >= 0.6 is 0 Å². The molecule has 0 fully saturated rings. The third-order valence-corrected chi connectivity index (χ3v) is 1.85. The molecule has 0 aromatic carbocycles. The van der Waals surface area contributed by atoms with E-state index in [-0.39, 0.29) is 11.5 Å². The predicted molar refractivity (Wildman–Crippen MR) is 61.4 cm³/mol. The smallest absolute Gasteiger partial charge is 0.337 e. The zero-order valence-electron chi connectivity index (χ0n) is 9.36. The highest BCUT2D eigenvalue weighted by molar-refractivity contribution is 5.87. The second-order valence-electron chi connectivity index (χ2n) is 3.27. The van der Waals surface area contributed by atoms with Gasteiger partial charge in [-0.25, -0.2) is 9.78 Å². The molecule has 0 aliphatic rings. The maximum absolute atomic E-state index is 10.6. The summed E-state index contributed by atoms with van der Waals surface area (Å²) in [5.74, 6) is 4.51. The van der Waals surface area contributed by atoms with E-state index in [0.29, 0.717) is 18.7 Å². The van der Waals surface area contributed by atoms with Crippen LogP contribution in [0.5, 0.6) is 0 Å². The Morgan fingerprint density at radius 2 is 2.24 bits per heavy atom. The number of aromatic nitrogens is 1. The fraction of sp³-hybridized carbons (Fsp3) is 0.250. The van der Waals surface area contributed by atoms with E-state index < -0.39 is 5.97 Å². The van der Waals surface area contributed by atoms with Crippen LogP contribution in [0.25, 0.3) is 0 Å². The number of hydrogen-bond donors (Lipinski definition) is 2. The Morgan fingerprint density at radius 3 is 2.76 bits per heavy atom. The van der Waals surface area contributed by atoms with Gasteiger partial charge in [0, 0.05) is 26.1 Å². The molecule has 1 aromatic heterocycles. The van der Waals surface area contributed by atoms with Gasteiger partial charge in [-0.2, -0.15) is 0 Å². The lowest BCUT2D eigenvalue weighted by molar-refractivity contribution is -0.118. The topological polar surface area (TPSA) is 79.3 Å². The summed E-state index contributed by atoms with van der Waals surface area (Å²) < 4.78 is 0. The van der Waals surface area contributed by atoms with Gasteiger partial charge in [0.2, 0.25) is 5.91 Å². The zero-order chi connectivity index (χ0) is 12.7. The molecular weight excluding hydrogens is 220 g/mol. The summed E-state index contributed by atoms with van der Waals surface area (Å²) in [7, 11) is 0. The third-order valence-electron chi connectivity index (χ3n) is 1.85. The van der Waals surface area contributed by atoms with Crippen LogP contribution in [0, 0.1) is 11.8 Å². The molecule has 0 atom stereocenters. The van der Waals surface area contributed by atoms with Crippen molar-refractivity contribution in [2.24, 2.45) is 0 Å². The van der Waals surface area contributed by atoms with Gasteiger partial charge in [-0.05, 0) is 18.1 Å². The van der Waals surface area contributed by atoms with Crippen LogP contribution in [0.4, 0.5) is 0 Å². The molecule has 0 aliphatic heterocycles. The minimum atomic E-state index is -1.01. The number of aromatic carboxylic acids is 1. The molecule has 88 valence electrons. The predicted octanol–water partition coefficient (Wildman–Crippen LogP) is 0.657. The molecule has 0 aliphatic carbocycles. The number of amides is 1. The number of carbonyl (C=O) groups excluding carboxylic acids is 1. The number of hydrogen-bond acceptors (Lipinski definition) is 3. The van der Waals surface area contributed by atoms with Crippen molar-refractivity contribution in [1.82, 2.24) is 10.3 Å². The Hall–Kier alpha value is -2.35. The van der Waals surface area contributed by atoms with Crippen LogP contribution in [-0.2, 0) is 4.79 Å². The summed E-state index contributed by atoms with van der Waals surface area (Å²) in [4.78, 5) is 25.0. The maximum atomic E-state index is 10.6. The minimum Gasteiger partial charge on any atom is -0.478 e. The summed E-state index contributed by atoms with van der Waals surface area (Å²) >= 11 is 0. The standard InChI is InChI=1S/C12H12N2O3/c1-9(15)13-7-3-2-4-11-6-5-10(8-14-11)12(16)17/h5-6,8H,3,7H2,1H3,(H,13,15)(H,16,17). The zero-order valence-corrected chi connectivity index (χ0v) is 9.36. The Balaban J connectivity index is 2.49. The molecule has 0 radical (unpaired) electrons. The van der Waals surface area contributed by atoms with Crippen molar-refractivity contribution in [2.75, 3.05) is 6.54 Å². The fourth-order valence-electron chi connectivity index (χ4n) is 1.05. The average molecular weight is 232 g/mol. The molecule has 1 aromatic rings. The second-order valence-corrected chi connectivity index (χ2v) is 3.27. The van der Waals surface area contributed by atoms with E-state index in [9.17, 15) is 9.59 Å². The number of pyridine rings is 1. The van der Waals surface area contributed by atoms with Gasteiger partial charge in [0.1, 0.15) is 5.69 Å². The summed E-state index contributed by atoms with van der Waals surface area (Å²) in [6, 6.07) is 3.00. The molecule has 17 heavy (non-hydrogen) atoms. The maximum Gasteiger partial charge on any atom is 0.337 e. The Morgan fingerprint density at radius 1 is 1.47 bits per heavy atom. The number of carboxylic acids is 1. The van der Waals surface area contributed by atoms with Crippen LogP contribution in [0.1, 0.15) is 29.4 Å². The van der Waals surface area contributed by atoms with E-state index >= 15 is 0 Å². The first kappa shape index (κ1) is 12.7. The number of nitrogens with zero attached hydrogens (tertiary/aromatic N) is 1. The summed E-state index contributed by atoms with van der Waals surface area (Å²) in [6.45, 7) is 1.94. The van der Waals surface area contributed by atoms with E-state index in [1.54, 1.807) is 6.07 Å². The quantitative estimate of drug-likeness (QED) is 0.592. The summed E-state index contributed by atoms with van der Waals surface area (Å²) in [5.41, 5.74) is 0.645. The van der Waals surface area contributed by atoms with Gasteiger partial charge < -0.3 is 10.4 Å². The van der Waals surface area contributed by atoms with Crippen LogP contribution in [0.2, 0.25) is 0 Å². The first-order valence-electron chi connectivity index (χ1n) is 5.02. The van der Waals surface area contributed by atoms with Crippen molar-refractivity contribution in [3.05, 3.63) is 29.6 Å². The van der Waals surface area contributed by atoms with Gasteiger partial charge in [-0.15, -0.1) is 0 Å². The minimum absolute atomic E-state index is 0.0873. The molecule has 1 rings (SSSR count). The van der Waals surface area contributed by atoms with Crippen molar-refractivity contribution in [3.63, 3.8) is 0 Å². The lowest BCUT2D eigenvalue weighted by atomic mass is 10.2. The van der Waals surface area contributed by atoms with E-state index in [2.05, 4.69) is 22.1 Å². The molecule has 1 amide bonds. The molecule has 0 unspecified atom stereocenters.